The van der Waals surface area contributed by atoms with Gasteiger partial charge in [-0.1, -0.05) is 5.16 Å². The largest absolute Gasteiger partial charge is 0.465 e. The lowest BCUT2D eigenvalue weighted by atomic mass is 10.1. The van der Waals surface area contributed by atoms with E-state index in [1.165, 1.54) is 13.3 Å². The monoisotopic (exact) mass is 196 g/mol. The van der Waals surface area contributed by atoms with E-state index in [1.807, 2.05) is 0 Å². The van der Waals surface area contributed by atoms with E-state index in [1.54, 1.807) is 13.8 Å². The van der Waals surface area contributed by atoms with Crippen LogP contribution in [0.4, 0.5) is 0 Å². The molecule has 14 heavy (non-hydrogen) atoms. The Kier molecular flexibility index (Phi) is 2.91. The summed E-state index contributed by atoms with van der Waals surface area (Å²) in [7, 11) is 1.31. The van der Waals surface area contributed by atoms with Gasteiger partial charge < -0.3 is 14.9 Å². The van der Waals surface area contributed by atoms with E-state index in [-0.39, 0.29) is 0 Å². The molecule has 5 heteroatoms. The topological polar surface area (TPSA) is 74.7 Å². The molecular formula is C9H12N2O3. The molecule has 1 aromatic rings. The summed E-state index contributed by atoms with van der Waals surface area (Å²) in [6.07, 6.45) is 1.21. The molecule has 0 aliphatic heterocycles. The molecule has 0 radical (unpaired) electrons. The highest BCUT2D eigenvalue weighted by Crippen LogP contribution is 2.17. The minimum Gasteiger partial charge on any atom is -0.465 e. The maximum atomic E-state index is 11.4. The molecule has 1 rings (SSSR count). The Morgan fingerprint density at radius 2 is 2.14 bits per heavy atom. The number of carbonyl (C=O) groups is 1. The molecular weight excluding hydrogens is 184 g/mol. The fourth-order valence-corrected chi connectivity index (χ4v) is 1.38. The van der Waals surface area contributed by atoms with Crippen molar-refractivity contribution >= 4 is 12.2 Å². The van der Waals surface area contributed by atoms with Crippen molar-refractivity contribution in [1.29, 1.82) is 0 Å². The van der Waals surface area contributed by atoms with E-state index in [4.69, 9.17) is 5.21 Å². The summed E-state index contributed by atoms with van der Waals surface area (Å²) in [4.78, 5) is 14.3. The van der Waals surface area contributed by atoms with Gasteiger partial charge in [0, 0.05) is 17.0 Å². The molecule has 0 saturated carbocycles. The molecule has 0 unspecified atom stereocenters. The van der Waals surface area contributed by atoms with E-state index in [2.05, 4.69) is 14.9 Å². The number of aromatic nitrogens is 1. The summed E-state index contributed by atoms with van der Waals surface area (Å²) >= 11 is 0. The van der Waals surface area contributed by atoms with Crippen molar-refractivity contribution in [3.63, 3.8) is 0 Å². The average molecular weight is 196 g/mol. The quantitative estimate of drug-likeness (QED) is 0.323. The second kappa shape index (κ2) is 3.95. The van der Waals surface area contributed by atoms with Crippen molar-refractivity contribution in [2.45, 2.75) is 13.8 Å². The van der Waals surface area contributed by atoms with Crippen molar-refractivity contribution < 1.29 is 14.7 Å². The molecule has 0 aliphatic rings. The van der Waals surface area contributed by atoms with Gasteiger partial charge in [-0.2, -0.15) is 0 Å². The highest BCUT2D eigenvalue weighted by molar-refractivity contribution is 6.01. The number of rotatable bonds is 2. The minimum atomic E-state index is -0.443. The lowest BCUT2D eigenvalue weighted by molar-refractivity contribution is 0.0600. The number of ether oxygens (including phenoxy) is 1. The molecule has 0 atom stereocenters. The van der Waals surface area contributed by atoms with Gasteiger partial charge in [-0.25, -0.2) is 4.79 Å². The summed E-state index contributed by atoms with van der Waals surface area (Å²) in [5, 5.41) is 11.3. The molecule has 2 N–H and O–H groups in total. The lowest BCUT2D eigenvalue weighted by Crippen LogP contribution is -2.05. The molecule has 0 bridgehead atoms. The fraction of sp³-hybridized carbons (Fsp3) is 0.333. The van der Waals surface area contributed by atoms with Crippen LogP contribution in [0.2, 0.25) is 0 Å². The van der Waals surface area contributed by atoms with Gasteiger partial charge in [-0.3, -0.25) is 0 Å². The van der Waals surface area contributed by atoms with Crippen molar-refractivity contribution in [2.24, 2.45) is 5.16 Å². The van der Waals surface area contributed by atoms with Crippen molar-refractivity contribution in [2.75, 3.05) is 7.11 Å². The van der Waals surface area contributed by atoms with Crippen molar-refractivity contribution in [3.05, 3.63) is 22.5 Å². The number of carbonyl (C=O) groups excluding carboxylic acids is 1. The van der Waals surface area contributed by atoms with Crippen LogP contribution in [-0.4, -0.2) is 29.5 Å². The fourth-order valence-electron chi connectivity index (χ4n) is 1.38. The van der Waals surface area contributed by atoms with Crippen LogP contribution in [0.1, 0.15) is 27.3 Å². The van der Waals surface area contributed by atoms with Gasteiger partial charge in [0.25, 0.3) is 0 Å². The third kappa shape index (κ3) is 1.61. The van der Waals surface area contributed by atoms with Crippen LogP contribution >= 0.6 is 0 Å². The smallest absolute Gasteiger partial charge is 0.340 e. The van der Waals surface area contributed by atoms with Gasteiger partial charge >= 0.3 is 5.97 Å². The Bertz CT molecular complexity index is 380. The van der Waals surface area contributed by atoms with Crippen LogP contribution < -0.4 is 0 Å². The third-order valence-electron chi connectivity index (χ3n) is 2.00. The zero-order chi connectivity index (χ0) is 10.7. The zero-order valence-electron chi connectivity index (χ0n) is 8.29. The Morgan fingerprint density at radius 3 is 2.64 bits per heavy atom. The van der Waals surface area contributed by atoms with Crippen LogP contribution in [0, 0.1) is 13.8 Å². The van der Waals surface area contributed by atoms with Crippen LogP contribution in [0.25, 0.3) is 0 Å². The second-order valence-corrected chi connectivity index (χ2v) is 2.90. The highest BCUT2D eigenvalue weighted by atomic mass is 16.5. The van der Waals surface area contributed by atoms with Gasteiger partial charge in [-0.05, 0) is 13.8 Å². The average Bonchev–Trinajstić information content (AvgIpc) is 2.42. The first-order chi connectivity index (χ1) is 6.61. The summed E-state index contributed by atoms with van der Waals surface area (Å²) in [5.74, 6) is -0.443. The molecule has 1 heterocycles. The SMILES string of the molecule is COC(=O)c1c(C)[nH]c(C)c1/C=N/O. The van der Waals surface area contributed by atoms with Gasteiger partial charge in [0.1, 0.15) is 0 Å². The van der Waals surface area contributed by atoms with Gasteiger partial charge in [0.2, 0.25) is 0 Å². The summed E-state index contributed by atoms with van der Waals surface area (Å²) in [6.45, 7) is 3.55. The number of aromatic amines is 1. The molecule has 0 spiro atoms. The van der Waals surface area contributed by atoms with E-state index in [0.29, 0.717) is 16.8 Å². The minimum absolute atomic E-state index is 0.405. The molecule has 0 aromatic carbocycles. The normalized spacial score (nSPS) is 10.8. The molecule has 1 aromatic heterocycles. The Morgan fingerprint density at radius 1 is 1.50 bits per heavy atom. The van der Waals surface area contributed by atoms with E-state index >= 15 is 0 Å². The number of oxime groups is 1. The number of hydrogen-bond donors (Lipinski definition) is 2. The predicted octanol–water partition coefficient (Wildman–Crippen LogP) is 1.23. The highest BCUT2D eigenvalue weighted by Gasteiger charge is 2.18. The molecule has 0 aliphatic carbocycles. The lowest BCUT2D eigenvalue weighted by Gasteiger charge is -1.98. The van der Waals surface area contributed by atoms with Gasteiger partial charge in [0.15, 0.2) is 0 Å². The summed E-state index contributed by atoms with van der Waals surface area (Å²) in [6, 6.07) is 0. The number of esters is 1. The molecule has 0 saturated heterocycles. The maximum absolute atomic E-state index is 11.4. The first-order valence-electron chi connectivity index (χ1n) is 4.06. The van der Waals surface area contributed by atoms with Crippen LogP contribution in [0.5, 0.6) is 0 Å². The Labute approximate surface area is 81.4 Å². The predicted molar refractivity (Wildman–Crippen MR) is 51.0 cm³/mol. The van der Waals surface area contributed by atoms with Crippen LogP contribution in [0.3, 0.4) is 0 Å². The van der Waals surface area contributed by atoms with Gasteiger partial charge in [-0.15, -0.1) is 0 Å². The molecule has 0 fully saturated rings. The Balaban J connectivity index is 3.31. The van der Waals surface area contributed by atoms with E-state index in [9.17, 15) is 4.79 Å². The number of nitrogens with zero attached hydrogens (tertiary/aromatic N) is 1. The van der Waals surface area contributed by atoms with Crippen molar-refractivity contribution in [3.8, 4) is 0 Å². The Hall–Kier alpha value is -1.78. The van der Waals surface area contributed by atoms with Gasteiger partial charge in [0.05, 0.1) is 18.9 Å². The molecule has 0 amide bonds. The maximum Gasteiger partial charge on any atom is 0.340 e. The van der Waals surface area contributed by atoms with E-state index < -0.39 is 5.97 Å². The van der Waals surface area contributed by atoms with Crippen LogP contribution in [0.15, 0.2) is 5.16 Å². The standard InChI is InChI=1S/C9H12N2O3/c1-5-7(4-10-13)8(6(2)11-5)9(12)14-3/h4,11,13H,1-3H3/b10-4+. The number of H-pyrrole nitrogens is 1. The number of aryl methyl sites for hydroxylation is 2. The van der Waals surface area contributed by atoms with E-state index in [0.717, 1.165) is 5.69 Å². The number of nitrogens with one attached hydrogen (secondary N) is 1. The van der Waals surface area contributed by atoms with Crippen molar-refractivity contribution in [1.82, 2.24) is 4.98 Å². The number of methoxy groups -OCH3 is 1. The number of hydrogen-bond acceptors (Lipinski definition) is 4. The second-order valence-electron chi connectivity index (χ2n) is 2.90. The first-order valence-corrected chi connectivity index (χ1v) is 4.06. The summed E-state index contributed by atoms with van der Waals surface area (Å²) < 4.78 is 4.62. The third-order valence-corrected chi connectivity index (χ3v) is 2.00. The molecule has 5 nitrogen and oxygen atoms in total. The van der Waals surface area contributed by atoms with Crippen LogP contribution in [-0.2, 0) is 4.74 Å². The summed E-state index contributed by atoms with van der Waals surface area (Å²) in [5.41, 5.74) is 2.42. The first kappa shape index (κ1) is 10.3. The zero-order valence-corrected chi connectivity index (χ0v) is 8.29. The molecule has 76 valence electrons.